The lowest BCUT2D eigenvalue weighted by Gasteiger charge is -2.31. The molecule has 162 valence electrons. The zero-order chi connectivity index (χ0) is 20.9. The highest BCUT2D eigenvalue weighted by molar-refractivity contribution is 7.89. The zero-order valence-electron chi connectivity index (χ0n) is 16.8. The van der Waals surface area contributed by atoms with Crippen LogP contribution in [-0.4, -0.2) is 101 Å². The van der Waals surface area contributed by atoms with Gasteiger partial charge in [0, 0.05) is 51.4 Å². The maximum absolute atomic E-state index is 13.0. The summed E-state index contributed by atoms with van der Waals surface area (Å²) < 4.78 is 32.8. The van der Waals surface area contributed by atoms with Gasteiger partial charge in [0.25, 0.3) is 5.91 Å². The quantitative estimate of drug-likeness (QED) is 0.624. The maximum Gasteiger partial charge on any atom is 0.251 e. The van der Waals surface area contributed by atoms with Crippen molar-refractivity contribution in [1.82, 2.24) is 19.4 Å². The summed E-state index contributed by atoms with van der Waals surface area (Å²) in [7, 11) is -1.78. The van der Waals surface area contributed by atoms with Crippen molar-refractivity contribution in [2.24, 2.45) is 0 Å². The van der Waals surface area contributed by atoms with E-state index in [2.05, 4.69) is 15.1 Å². The lowest BCUT2D eigenvalue weighted by Crippen LogP contribution is -2.47. The molecule has 1 aromatic rings. The molecule has 10 heteroatoms. The normalized spacial score (nSPS) is 19.9. The Morgan fingerprint density at radius 1 is 1.14 bits per heavy atom. The minimum atomic E-state index is -3.74. The van der Waals surface area contributed by atoms with Crippen LogP contribution in [0.5, 0.6) is 0 Å². The van der Waals surface area contributed by atoms with Gasteiger partial charge in [-0.05, 0) is 38.2 Å². The Morgan fingerprint density at radius 3 is 2.52 bits per heavy atom. The Labute approximate surface area is 177 Å². The summed E-state index contributed by atoms with van der Waals surface area (Å²) in [6.07, 6.45) is 0.825. The zero-order valence-corrected chi connectivity index (χ0v) is 18.3. The van der Waals surface area contributed by atoms with Crippen LogP contribution in [0.4, 0.5) is 0 Å². The van der Waals surface area contributed by atoms with E-state index >= 15 is 0 Å². The van der Waals surface area contributed by atoms with Crippen LogP contribution in [0.1, 0.15) is 16.8 Å². The Kier molecular flexibility index (Phi) is 7.89. The van der Waals surface area contributed by atoms with E-state index in [1.165, 1.54) is 16.4 Å². The number of hydrogen-bond donors (Lipinski definition) is 1. The first-order valence-corrected chi connectivity index (χ1v) is 11.8. The number of halogens is 1. The molecule has 0 aliphatic carbocycles. The molecule has 29 heavy (non-hydrogen) atoms. The lowest BCUT2D eigenvalue weighted by atomic mass is 10.2. The molecular weight excluding hydrogens is 416 g/mol. The van der Waals surface area contributed by atoms with Gasteiger partial charge >= 0.3 is 0 Å². The van der Waals surface area contributed by atoms with Crippen molar-refractivity contribution in [2.45, 2.75) is 11.3 Å². The summed E-state index contributed by atoms with van der Waals surface area (Å²) in [5.74, 6) is -0.293. The molecule has 2 aliphatic rings. The second-order valence-electron chi connectivity index (χ2n) is 7.42. The largest absolute Gasteiger partial charge is 0.379 e. The van der Waals surface area contributed by atoms with E-state index in [1.807, 2.05) is 7.05 Å². The number of rotatable bonds is 7. The minimum Gasteiger partial charge on any atom is -0.379 e. The fraction of sp³-hybridized carbons (Fsp3) is 0.632. The van der Waals surface area contributed by atoms with Gasteiger partial charge in [-0.2, -0.15) is 4.31 Å². The molecule has 0 radical (unpaired) electrons. The van der Waals surface area contributed by atoms with E-state index in [9.17, 15) is 13.2 Å². The van der Waals surface area contributed by atoms with Crippen LogP contribution < -0.4 is 5.32 Å². The first-order valence-electron chi connectivity index (χ1n) is 9.94. The Balaban J connectivity index is 1.59. The number of nitrogens with zero attached hydrogens (tertiary/aromatic N) is 3. The molecule has 0 spiro atoms. The van der Waals surface area contributed by atoms with Crippen molar-refractivity contribution in [3.63, 3.8) is 0 Å². The molecule has 0 aromatic heterocycles. The van der Waals surface area contributed by atoms with Gasteiger partial charge in [0.1, 0.15) is 4.90 Å². The Morgan fingerprint density at radius 2 is 1.83 bits per heavy atom. The molecule has 2 fully saturated rings. The molecule has 0 unspecified atom stereocenters. The molecule has 0 atom stereocenters. The SMILES string of the molecule is CN1CCN(S(=O)(=O)c2cc(C(=O)NCCCN3CCOCC3)ccc2Cl)CC1. The van der Waals surface area contributed by atoms with Crippen molar-refractivity contribution in [3.05, 3.63) is 28.8 Å². The fourth-order valence-corrected chi connectivity index (χ4v) is 5.36. The molecule has 3 rings (SSSR count). The Hall–Kier alpha value is -1.23. The fourth-order valence-electron chi connectivity index (χ4n) is 3.44. The van der Waals surface area contributed by atoms with Crippen LogP contribution in [0.2, 0.25) is 5.02 Å². The van der Waals surface area contributed by atoms with Crippen LogP contribution in [-0.2, 0) is 14.8 Å². The molecule has 2 saturated heterocycles. The van der Waals surface area contributed by atoms with E-state index < -0.39 is 10.0 Å². The number of ether oxygens (including phenoxy) is 1. The molecule has 2 heterocycles. The average Bonchev–Trinajstić information content (AvgIpc) is 2.72. The highest BCUT2D eigenvalue weighted by atomic mass is 35.5. The number of benzene rings is 1. The molecule has 1 aromatic carbocycles. The summed E-state index contributed by atoms with van der Waals surface area (Å²) >= 11 is 6.18. The molecule has 2 aliphatic heterocycles. The summed E-state index contributed by atoms with van der Waals surface area (Å²) in [6, 6.07) is 4.42. The molecule has 0 bridgehead atoms. The van der Waals surface area contributed by atoms with Crippen LogP contribution >= 0.6 is 11.6 Å². The van der Waals surface area contributed by atoms with Crippen LogP contribution in [0, 0.1) is 0 Å². The summed E-state index contributed by atoms with van der Waals surface area (Å²) in [6.45, 7) is 6.91. The van der Waals surface area contributed by atoms with E-state index in [0.717, 1.165) is 39.3 Å². The summed E-state index contributed by atoms with van der Waals surface area (Å²) in [5.41, 5.74) is 0.300. The van der Waals surface area contributed by atoms with Gasteiger partial charge in [-0.1, -0.05) is 11.6 Å². The van der Waals surface area contributed by atoms with Crippen LogP contribution in [0.15, 0.2) is 23.1 Å². The Bertz CT molecular complexity index is 806. The highest BCUT2D eigenvalue weighted by Gasteiger charge is 2.30. The smallest absolute Gasteiger partial charge is 0.251 e. The second-order valence-corrected chi connectivity index (χ2v) is 9.73. The summed E-state index contributed by atoms with van der Waals surface area (Å²) in [4.78, 5) is 16.9. The lowest BCUT2D eigenvalue weighted by molar-refractivity contribution is 0.0374. The van der Waals surface area contributed by atoms with Crippen LogP contribution in [0.25, 0.3) is 0 Å². The maximum atomic E-state index is 13.0. The third-order valence-corrected chi connectivity index (χ3v) is 7.69. The van der Waals surface area contributed by atoms with Crippen molar-refractivity contribution in [3.8, 4) is 0 Å². The standard InChI is InChI=1S/C19H29ClN4O4S/c1-22-7-9-24(10-8-22)29(26,27)18-15-16(3-4-17(18)20)19(25)21-5-2-6-23-11-13-28-14-12-23/h3-4,15H,2,5-14H2,1H3,(H,21,25). The number of hydrogen-bond acceptors (Lipinski definition) is 6. The van der Waals surface area contributed by atoms with Gasteiger partial charge in [0.15, 0.2) is 0 Å². The van der Waals surface area contributed by atoms with Crippen molar-refractivity contribution >= 4 is 27.5 Å². The number of morpholine rings is 1. The number of likely N-dealkylation sites (N-methyl/N-ethyl adjacent to an activating group) is 1. The molecule has 0 saturated carbocycles. The van der Waals surface area contributed by atoms with E-state index in [1.54, 1.807) is 6.07 Å². The predicted octanol–water partition coefficient (Wildman–Crippen LogP) is 0.728. The first kappa shape index (κ1) is 22.5. The molecule has 8 nitrogen and oxygen atoms in total. The number of nitrogens with one attached hydrogen (secondary N) is 1. The predicted molar refractivity (Wildman–Crippen MR) is 112 cm³/mol. The number of carbonyl (C=O) groups excluding carboxylic acids is 1. The van der Waals surface area contributed by atoms with E-state index in [4.69, 9.17) is 16.3 Å². The van der Waals surface area contributed by atoms with E-state index in [0.29, 0.717) is 38.3 Å². The minimum absolute atomic E-state index is 0.00955. The second kappa shape index (κ2) is 10.2. The van der Waals surface area contributed by atoms with Crippen molar-refractivity contribution in [1.29, 1.82) is 0 Å². The summed E-state index contributed by atoms with van der Waals surface area (Å²) in [5, 5.41) is 3.00. The van der Waals surface area contributed by atoms with Gasteiger partial charge < -0.3 is 15.0 Å². The average molecular weight is 445 g/mol. The molecule has 1 N–H and O–H groups in total. The van der Waals surface area contributed by atoms with Gasteiger partial charge in [-0.3, -0.25) is 9.69 Å². The number of amides is 1. The van der Waals surface area contributed by atoms with Crippen molar-refractivity contribution in [2.75, 3.05) is 72.6 Å². The number of carbonyl (C=O) groups is 1. The third kappa shape index (κ3) is 5.90. The topological polar surface area (TPSA) is 82.2 Å². The first-order chi connectivity index (χ1) is 13.9. The van der Waals surface area contributed by atoms with Gasteiger partial charge in [0.2, 0.25) is 10.0 Å². The van der Waals surface area contributed by atoms with Gasteiger partial charge in [-0.15, -0.1) is 0 Å². The molecular formula is C19H29ClN4O4S. The number of piperazine rings is 1. The van der Waals surface area contributed by atoms with Gasteiger partial charge in [-0.25, -0.2) is 8.42 Å². The number of sulfonamides is 1. The third-order valence-electron chi connectivity index (χ3n) is 5.31. The molecule has 1 amide bonds. The van der Waals surface area contributed by atoms with E-state index in [-0.39, 0.29) is 15.8 Å². The highest BCUT2D eigenvalue weighted by Crippen LogP contribution is 2.26. The monoisotopic (exact) mass is 444 g/mol. The van der Waals surface area contributed by atoms with Crippen molar-refractivity contribution < 1.29 is 17.9 Å². The van der Waals surface area contributed by atoms with Crippen LogP contribution in [0.3, 0.4) is 0 Å². The van der Waals surface area contributed by atoms with Gasteiger partial charge in [0.05, 0.1) is 18.2 Å².